The van der Waals surface area contributed by atoms with Crippen molar-refractivity contribution in [3.05, 3.63) is 34.7 Å². The number of hydrogen-bond donors (Lipinski definition) is 1. The Bertz CT molecular complexity index is 635. The van der Waals surface area contributed by atoms with Gasteiger partial charge in [0.1, 0.15) is 6.29 Å². The number of imidazole rings is 1. The number of nitrogens with one attached hydrogen (secondary N) is 1. The molecule has 0 aliphatic carbocycles. The molecule has 1 saturated heterocycles. The molecular formula is C14H17N3O2. The lowest BCUT2D eigenvalue weighted by atomic mass is 10.0. The summed E-state index contributed by atoms with van der Waals surface area (Å²) in [6, 6.07) is 8.01. The lowest BCUT2D eigenvalue weighted by Crippen LogP contribution is -2.37. The minimum atomic E-state index is -0.0324. The van der Waals surface area contributed by atoms with Gasteiger partial charge in [0.2, 0.25) is 0 Å². The number of fused-ring (bicyclic) bond motifs is 1. The molecule has 1 aliphatic rings. The first-order valence-corrected chi connectivity index (χ1v) is 6.65. The number of para-hydroxylation sites is 2. The summed E-state index contributed by atoms with van der Waals surface area (Å²) in [4.78, 5) is 27.6. The second-order valence-corrected chi connectivity index (χ2v) is 5.02. The van der Waals surface area contributed by atoms with E-state index in [-0.39, 0.29) is 11.7 Å². The van der Waals surface area contributed by atoms with Crippen molar-refractivity contribution in [2.45, 2.75) is 18.9 Å². The van der Waals surface area contributed by atoms with Gasteiger partial charge in [0.05, 0.1) is 17.6 Å². The number of rotatable bonds is 3. The third-order valence-corrected chi connectivity index (χ3v) is 3.88. The Morgan fingerprint density at radius 1 is 1.26 bits per heavy atom. The van der Waals surface area contributed by atoms with Crippen LogP contribution in [-0.4, -0.2) is 40.4 Å². The van der Waals surface area contributed by atoms with Crippen molar-refractivity contribution in [3.63, 3.8) is 0 Å². The molecule has 1 fully saturated rings. The maximum Gasteiger partial charge on any atom is 0.326 e. The molecule has 0 amide bonds. The molecule has 0 atom stereocenters. The Morgan fingerprint density at radius 2 is 2.00 bits per heavy atom. The van der Waals surface area contributed by atoms with Crippen LogP contribution in [0.1, 0.15) is 18.9 Å². The Labute approximate surface area is 110 Å². The smallest absolute Gasteiger partial charge is 0.306 e. The third-order valence-electron chi connectivity index (χ3n) is 3.88. The van der Waals surface area contributed by atoms with Crippen LogP contribution in [0.2, 0.25) is 0 Å². The van der Waals surface area contributed by atoms with E-state index in [1.54, 1.807) is 0 Å². The van der Waals surface area contributed by atoms with Crippen molar-refractivity contribution in [2.75, 3.05) is 19.6 Å². The van der Waals surface area contributed by atoms with Gasteiger partial charge in [0, 0.05) is 19.1 Å². The number of benzene rings is 1. The fourth-order valence-electron chi connectivity index (χ4n) is 2.90. The van der Waals surface area contributed by atoms with Crippen molar-refractivity contribution in [1.29, 1.82) is 0 Å². The number of aromatic amines is 1. The van der Waals surface area contributed by atoms with Gasteiger partial charge in [-0.2, -0.15) is 0 Å². The second-order valence-electron chi connectivity index (χ2n) is 5.02. The minimum absolute atomic E-state index is 0.0324. The van der Waals surface area contributed by atoms with E-state index >= 15 is 0 Å². The first-order chi connectivity index (χ1) is 9.29. The number of aromatic nitrogens is 2. The molecule has 0 spiro atoms. The van der Waals surface area contributed by atoms with E-state index in [2.05, 4.69) is 9.88 Å². The van der Waals surface area contributed by atoms with Crippen LogP contribution < -0.4 is 5.69 Å². The van der Waals surface area contributed by atoms with Crippen molar-refractivity contribution >= 4 is 17.3 Å². The average Bonchev–Trinajstić information content (AvgIpc) is 2.76. The zero-order valence-corrected chi connectivity index (χ0v) is 10.7. The fourth-order valence-corrected chi connectivity index (χ4v) is 2.90. The molecule has 3 rings (SSSR count). The SMILES string of the molecule is O=CCN1CCC(n2c(=O)[nH]c3ccccc32)CC1. The van der Waals surface area contributed by atoms with Gasteiger partial charge in [-0.15, -0.1) is 0 Å². The van der Waals surface area contributed by atoms with Crippen LogP contribution in [0.15, 0.2) is 29.1 Å². The predicted octanol–water partition coefficient (Wildman–Crippen LogP) is 1.17. The third kappa shape index (κ3) is 2.21. The average molecular weight is 259 g/mol. The van der Waals surface area contributed by atoms with E-state index in [4.69, 9.17) is 0 Å². The van der Waals surface area contributed by atoms with Crippen LogP contribution in [0.5, 0.6) is 0 Å². The van der Waals surface area contributed by atoms with Crippen LogP contribution in [-0.2, 0) is 4.79 Å². The maximum absolute atomic E-state index is 12.1. The number of hydrogen-bond acceptors (Lipinski definition) is 3. The van der Waals surface area contributed by atoms with E-state index < -0.39 is 0 Å². The largest absolute Gasteiger partial charge is 0.326 e. The molecule has 2 heterocycles. The summed E-state index contributed by atoms with van der Waals surface area (Å²) < 4.78 is 1.87. The number of H-pyrrole nitrogens is 1. The monoisotopic (exact) mass is 259 g/mol. The van der Waals surface area contributed by atoms with E-state index in [1.807, 2.05) is 28.8 Å². The maximum atomic E-state index is 12.1. The Hall–Kier alpha value is -1.88. The zero-order chi connectivity index (χ0) is 13.2. The van der Waals surface area contributed by atoms with Crippen molar-refractivity contribution in [3.8, 4) is 0 Å². The number of nitrogens with zero attached hydrogens (tertiary/aromatic N) is 2. The molecular weight excluding hydrogens is 242 g/mol. The second kappa shape index (κ2) is 5.01. The van der Waals surface area contributed by atoms with Crippen LogP contribution >= 0.6 is 0 Å². The molecule has 5 nitrogen and oxygen atoms in total. The molecule has 0 radical (unpaired) electrons. The number of aldehydes is 1. The van der Waals surface area contributed by atoms with Crippen molar-refractivity contribution in [1.82, 2.24) is 14.5 Å². The molecule has 5 heteroatoms. The number of carbonyl (C=O) groups is 1. The molecule has 1 aromatic heterocycles. The lowest BCUT2D eigenvalue weighted by Gasteiger charge is -2.31. The van der Waals surface area contributed by atoms with Crippen LogP contribution in [0, 0.1) is 0 Å². The first-order valence-electron chi connectivity index (χ1n) is 6.65. The van der Waals surface area contributed by atoms with E-state index in [0.717, 1.165) is 43.3 Å². The molecule has 0 saturated carbocycles. The summed E-state index contributed by atoms with van der Waals surface area (Å²) in [7, 11) is 0. The van der Waals surface area contributed by atoms with Crippen molar-refractivity contribution < 1.29 is 4.79 Å². The van der Waals surface area contributed by atoms with Crippen LogP contribution in [0.4, 0.5) is 0 Å². The van der Waals surface area contributed by atoms with Gasteiger partial charge in [-0.3, -0.25) is 9.47 Å². The Morgan fingerprint density at radius 3 is 2.74 bits per heavy atom. The predicted molar refractivity (Wildman–Crippen MR) is 73.3 cm³/mol. The molecule has 2 aromatic rings. The van der Waals surface area contributed by atoms with E-state index in [1.165, 1.54) is 0 Å². The number of carbonyl (C=O) groups excluding carboxylic acids is 1. The topological polar surface area (TPSA) is 58.1 Å². The highest BCUT2D eigenvalue weighted by Gasteiger charge is 2.22. The molecule has 19 heavy (non-hydrogen) atoms. The molecule has 1 aromatic carbocycles. The molecule has 0 bridgehead atoms. The molecule has 100 valence electrons. The Kier molecular flexibility index (Phi) is 3.21. The van der Waals surface area contributed by atoms with Crippen LogP contribution in [0.3, 0.4) is 0 Å². The summed E-state index contributed by atoms with van der Waals surface area (Å²) in [6.07, 6.45) is 2.77. The fraction of sp³-hybridized carbons (Fsp3) is 0.429. The highest BCUT2D eigenvalue weighted by atomic mass is 16.1. The van der Waals surface area contributed by atoms with Crippen LogP contribution in [0.25, 0.3) is 11.0 Å². The standard InChI is InChI=1S/C14H17N3O2/c18-10-9-16-7-5-11(6-8-16)17-13-4-2-1-3-12(13)15-14(17)19/h1-4,10-11H,5-9H2,(H,15,19). The summed E-state index contributed by atoms with van der Waals surface area (Å²) in [5, 5.41) is 0. The zero-order valence-electron chi connectivity index (χ0n) is 10.7. The van der Waals surface area contributed by atoms with E-state index in [9.17, 15) is 9.59 Å². The van der Waals surface area contributed by atoms with Gasteiger partial charge in [0.15, 0.2) is 0 Å². The summed E-state index contributed by atoms with van der Waals surface area (Å²) in [5.41, 5.74) is 1.83. The van der Waals surface area contributed by atoms with Gasteiger partial charge >= 0.3 is 5.69 Å². The lowest BCUT2D eigenvalue weighted by molar-refractivity contribution is -0.109. The first kappa shape index (κ1) is 12.2. The Balaban J connectivity index is 1.87. The number of piperidine rings is 1. The highest BCUT2D eigenvalue weighted by molar-refractivity contribution is 5.75. The van der Waals surface area contributed by atoms with Gasteiger partial charge < -0.3 is 9.78 Å². The summed E-state index contributed by atoms with van der Waals surface area (Å²) in [6.45, 7) is 2.24. The van der Waals surface area contributed by atoms with E-state index in [0.29, 0.717) is 6.54 Å². The van der Waals surface area contributed by atoms with Crippen molar-refractivity contribution in [2.24, 2.45) is 0 Å². The highest BCUT2D eigenvalue weighted by Crippen LogP contribution is 2.24. The van der Waals surface area contributed by atoms with Gasteiger partial charge in [-0.05, 0) is 25.0 Å². The summed E-state index contributed by atoms with van der Waals surface area (Å²) >= 11 is 0. The molecule has 0 unspecified atom stereocenters. The van der Waals surface area contributed by atoms with Gasteiger partial charge in [0.25, 0.3) is 0 Å². The van der Waals surface area contributed by atoms with Gasteiger partial charge in [-0.25, -0.2) is 4.79 Å². The molecule has 1 N–H and O–H groups in total. The minimum Gasteiger partial charge on any atom is -0.306 e. The normalized spacial score (nSPS) is 17.9. The quantitative estimate of drug-likeness (QED) is 0.842. The molecule has 1 aliphatic heterocycles. The number of likely N-dealkylation sites (tertiary alicyclic amines) is 1. The summed E-state index contributed by atoms with van der Waals surface area (Å²) in [5.74, 6) is 0. The van der Waals surface area contributed by atoms with Gasteiger partial charge in [-0.1, -0.05) is 12.1 Å².